The van der Waals surface area contributed by atoms with Crippen molar-refractivity contribution in [3.63, 3.8) is 0 Å². The third-order valence-electron chi connectivity index (χ3n) is 2.60. The van der Waals surface area contributed by atoms with Crippen molar-refractivity contribution in [2.75, 3.05) is 32.7 Å². The van der Waals surface area contributed by atoms with Crippen LogP contribution >= 0.6 is 11.6 Å². The lowest BCUT2D eigenvalue weighted by atomic mass is 10.0. The number of alkyl halides is 1. The van der Waals surface area contributed by atoms with E-state index in [2.05, 4.69) is 12.2 Å². The first kappa shape index (κ1) is 15.2. The summed E-state index contributed by atoms with van der Waals surface area (Å²) in [6, 6.07) is 0. The van der Waals surface area contributed by atoms with Crippen LogP contribution < -0.4 is 5.32 Å². The van der Waals surface area contributed by atoms with Crippen LogP contribution in [0.2, 0.25) is 0 Å². The summed E-state index contributed by atoms with van der Waals surface area (Å²) in [6.45, 7) is 5.33. The van der Waals surface area contributed by atoms with Crippen molar-refractivity contribution in [2.24, 2.45) is 5.92 Å². The van der Waals surface area contributed by atoms with Crippen molar-refractivity contribution in [2.45, 2.75) is 39.0 Å². The van der Waals surface area contributed by atoms with Gasteiger partial charge >= 0.3 is 0 Å². The topological polar surface area (TPSA) is 21.3 Å². The van der Waals surface area contributed by atoms with E-state index in [-0.39, 0.29) is 0 Å². The van der Waals surface area contributed by atoms with Crippen LogP contribution in [0.25, 0.3) is 0 Å². The summed E-state index contributed by atoms with van der Waals surface area (Å²) in [5.41, 5.74) is 0. The second kappa shape index (κ2) is 12.3. The minimum absolute atomic E-state index is 0.759. The highest BCUT2D eigenvalue weighted by Gasteiger charge is 2.05. The van der Waals surface area contributed by atoms with Crippen molar-refractivity contribution >= 4 is 11.6 Å². The fourth-order valence-electron chi connectivity index (χ4n) is 1.71. The molecule has 3 heteroatoms. The number of halogens is 1. The molecule has 1 atom stereocenters. The van der Waals surface area contributed by atoms with Crippen LogP contribution in [0.3, 0.4) is 0 Å². The van der Waals surface area contributed by atoms with Crippen LogP contribution in [-0.2, 0) is 4.74 Å². The summed E-state index contributed by atoms with van der Waals surface area (Å²) in [4.78, 5) is 0. The maximum absolute atomic E-state index is 5.77. The predicted octanol–water partition coefficient (Wildman–Crippen LogP) is 3.05. The average Bonchev–Trinajstić information content (AvgIpc) is 2.24. The zero-order chi connectivity index (χ0) is 11.4. The Hall–Kier alpha value is 0.210. The van der Waals surface area contributed by atoms with Gasteiger partial charge in [0.15, 0.2) is 0 Å². The summed E-state index contributed by atoms with van der Waals surface area (Å²) in [7, 11) is 1.76. The van der Waals surface area contributed by atoms with Gasteiger partial charge in [0.05, 0.1) is 0 Å². The van der Waals surface area contributed by atoms with Gasteiger partial charge in [-0.15, -0.1) is 11.6 Å². The van der Waals surface area contributed by atoms with Crippen molar-refractivity contribution in [1.29, 1.82) is 0 Å². The fourth-order valence-corrected chi connectivity index (χ4v) is 2.02. The molecule has 0 spiro atoms. The average molecular weight is 236 g/mol. The molecule has 0 radical (unpaired) electrons. The molecule has 0 aromatic carbocycles. The Morgan fingerprint density at radius 3 is 2.67 bits per heavy atom. The highest BCUT2D eigenvalue weighted by molar-refractivity contribution is 6.17. The minimum atomic E-state index is 0.759. The van der Waals surface area contributed by atoms with Crippen LogP contribution in [-0.4, -0.2) is 32.7 Å². The molecular weight excluding hydrogens is 210 g/mol. The summed E-state index contributed by atoms with van der Waals surface area (Å²) < 4.78 is 5.00. The van der Waals surface area contributed by atoms with Gasteiger partial charge in [-0.25, -0.2) is 0 Å². The van der Waals surface area contributed by atoms with Gasteiger partial charge in [-0.2, -0.15) is 0 Å². The van der Waals surface area contributed by atoms with Crippen LogP contribution in [0.15, 0.2) is 0 Å². The second-order valence-electron chi connectivity index (χ2n) is 4.04. The number of methoxy groups -OCH3 is 1. The molecule has 0 aromatic rings. The molecule has 0 bridgehead atoms. The zero-order valence-electron chi connectivity index (χ0n) is 10.2. The second-order valence-corrected chi connectivity index (χ2v) is 4.41. The molecule has 0 aliphatic heterocycles. The molecule has 92 valence electrons. The number of rotatable bonds is 11. The first-order valence-corrected chi connectivity index (χ1v) is 6.64. The Bertz CT molecular complexity index is 116. The van der Waals surface area contributed by atoms with Gasteiger partial charge < -0.3 is 10.1 Å². The van der Waals surface area contributed by atoms with E-state index >= 15 is 0 Å². The molecule has 0 heterocycles. The molecule has 0 aromatic heterocycles. The first-order chi connectivity index (χ1) is 7.35. The molecule has 0 amide bonds. The number of ether oxygens (including phenoxy) is 1. The Labute approximate surface area is 99.7 Å². The van der Waals surface area contributed by atoms with E-state index in [1.54, 1.807) is 7.11 Å². The van der Waals surface area contributed by atoms with Crippen LogP contribution in [0.1, 0.15) is 39.0 Å². The summed E-state index contributed by atoms with van der Waals surface area (Å²) in [5.74, 6) is 1.55. The standard InChI is InChI=1S/C12H26ClNO/c1-3-6-12(7-8-13)11-14-9-4-5-10-15-2/h12,14H,3-11H2,1-2H3. The normalized spacial score (nSPS) is 13.0. The van der Waals surface area contributed by atoms with Crippen molar-refractivity contribution < 1.29 is 4.74 Å². The fraction of sp³-hybridized carbons (Fsp3) is 1.00. The van der Waals surface area contributed by atoms with E-state index in [9.17, 15) is 0 Å². The SMILES string of the molecule is CCCC(CCCl)CNCCCCOC. The third kappa shape index (κ3) is 10.5. The van der Waals surface area contributed by atoms with Gasteiger partial charge in [0.1, 0.15) is 0 Å². The molecule has 15 heavy (non-hydrogen) atoms. The lowest BCUT2D eigenvalue weighted by molar-refractivity contribution is 0.192. The quantitative estimate of drug-likeness (QED) is 0.439. The highest BCUT2D eigenvalue weighted by Crippen LogP contribution is 2.10. The number of unbranched alkanes of at least 4 members (excludes halogenated alkanes) is 1. The van der Waals surface area contributed by atoms with Crippen LogP contribution in [0, 0.1) is 5.92 Å². The van der Waals surface area contributed by atoms with Gasteiger partial charge in [0.25, 0.3) is 0 Å². The van der Waals surface area contributed by atoms with E-state index < -0.39 is 0 Å². The molecule has 0 saturated heterocycles. The molecule has 0 fully saturated rings. The molecule has 0 aliphatic rings. The Kier molecular flexibility index (Phi) is 12.5. The number of hydrogen-bond donors (Lipinski definition) is 1. The largest absolute Gasteiger partial charge is 0.385 e. The van der Waals surface area contributed by atoms with Crippen molar-refractivity contribution in [3.8, 4) is 0 Å². The Morgan fingerprint density at radius 1 is 1.27 bits per heavy atom. The van der Waals surface area contributed by atoms with E-state index in [0.29, 0.717) is 0 Å². The van der Waals surface area contributed by atoms with Gasteiger partial charge in [0.2, 0.25) is 0 Å². The lowest BCUT2D eigenvalue weighted by Crippen LogP contribution is -2.24. The molecule has 0 saturated carbocycles. The van der Waals surface area contributed by atoms with Gasteiger partial charge in [-0.3, -0.25) is 0 Å². The maximum Gasteiger partial charge on any atom is 0.0462 e. The molecule has 2 nitrogen and oxygen atoms in total. The van der Waals surface area contributed by atoms with E-state index in [0.717, 1.165) is 44.3 Å². The van der Waals surface area contributed by atoms with Crippen molar-refractivity contribution in [3.05, 3.63) is 0 Å². The smallest absolute Gasteiger partial charge is 0.0462 e. The first-order valence-electron chi connectivity index (χ1n) is 6.10. The predicted molar refractivity (Wildman–Crippen MR) is 67.7 cm³/mol. The van der Waals surface area contributed by atoms with E-state index in [1.807, 2.05) is 0 Å². The lowest BCUT2D eigenvalue weighted by Gasteiger charge is -2.15. The minimum Gasteiger partial charge on any atom is -0.385 e. The van der Waals surface area contributed by atoms with Crippen molar-refractivity contribution in [1.82, 2.24) is 5.32 Å². The summed E-state index contributed by atoms with van der Waals surface area (Å²) >= 11 is 5.77. The van der Waals surface area contributed by atoms with E-state index in [4.69, 9.17) is 16.3 Å². The maximum atomic E-state index is 5.77. The van der Waals surface area contributed by atoms with Crippen LogP contribution in [0.4, 0.5) is 0 Å². The highest BCUT2D eigenvalue weighted by atomic mass is 35.5. The Morgan fingerprint density at radius 2 is 2.07 bits per heavy atom. The number of hydrogen-bond acceptors (Lipinski definition) is 2. The number of nitrogens with one attached hydrogen (secondary N) is 1. The third-order valence-corrected chi connectivity index (χ3v) is 2.82. The van der Waals surface area contributed by atoms with Gasteiger partial charge in [0, 0.05) is 19.6 Å². The summed E-state index contributed by atoms with van der Waals surface area (Å²) in [5, 5.41) is 3.50. The molecule has 0 aliphatic carbocycles. The Balaban J connectivity index is 3.28. The molecule has 1 N–H and O–H groups in total. The monoisotopic (exact) mass is 235 g/mol. The van der Waals surface area contributed by atoms with E-state index in [1.165, 1.54) is 19.3 Å². The summed E-state index contributed by atoms with van der Waals surface area (Å²) in [6.07, 6.45) is 6.04. The zero-order valence-corrected chi connectivity index (χ0v) is 11.0. The van der Waals surface area contributed by atoms with Gasteiger partial charge in [-0.05, 0) is 44.7 Å². The molecule has 1 unspecified atom stereocenters. The van der Waals surface area contributed by atoms with Crippen LogP contribution in [0.5, 0.6) is 0 Å². The van der Waals surface area contributed by atoms with Gasteiger partial charge in [-0.1, -0.05) is 13.3 Å². The molecule has 0 rings (SSSR count). The molecular formula is C12H26ClNO.